The minimum absolute atomic E-state index is 0.00114. The molecule has 4 nitrogen and oxygen atoms in total. The molecular weight excluding hydrogens is 326 g/mol. The van der Waals surface area contributed by atoms with Gasteiger partial charge >= 0.3 is 6.09 Å². The minimum atomic E-state index is -0.542. The molecule has 0 bridgehead atoms. The Hall–Kier alpha value is -1.69. The molecule has 6 heteroatoms. The molecule has 1 aliphatic heterocycles. The van der Waals surface area contributed by atoms with Crippen LogP contribution >= 0.6 is 0 Å². The minimum Gasteiger partial charge on any atom is -0.444 e. The zero-order chi connectivity index (χ0) is 18.8. The summed E-state index contributed by atoms with van der Waals surface area (Å²) < 4.78 is 33.2. The lowest BCUT2D eigenvalue weighted by Crippen LogP contribution is -2.51. The Morgan fingerprint density at radius 1 is 1.32 bits per heavy atom. The van der Waals surface area contributed by atoms with Crippen molar-refractivity contribution in [3.05, 3.63) is 35.4 Å². The fraction of sp³-hybridized carbons (Fsp3) is 0.632. The monoisotopic (exact) mass is 354 g/mol. The van der Waals surface area contributed by atoms with Gasteiger partial charge in [0.2, 0.25) is 0 Å². The van der Waals surface area contributed by atoms with Gasteiger partial charge in [0, 0.05) is 30.2 Å². The Morgan fingerprint density at radius 2 is 1.92 bits per heavy atom. The van der Waals surface area contributed by atoms with Gasteiger partial charge in [0.1, 0.15) is 17.2 Å². The van der Waals surface area contributed by atoms with Crippen molar-refractivity contribution < 1.29 is 18.3 Å². The summed E-state index contributed by atoms with van der Waals surface area (Å²) in [5.74, 6) is -1.08. The normalized spacial score (nSPS) is 22.6. The standard InChI is InChI=1S/C19H28F2N2O2/c1-12-11-14(9-10-23(12)18(24)25-19(3,4)5)22-13(2)17-15(20)7-6-8-16(17)21/h6-8,12-14,22H,9-11H2,1-5H3. The van der Waals surface area contributed by atoms with Gasteiger partial charge < -0.3 is 15.0 Å². The fourth-order valence-electron chi connectivity index (χ4n) is 3.28. The first kappa shape index (κ1) is 19.6. The van der Waals surface area contributed by atoms with E-state index in [1.165, 1.54) is 18.2 Å². The molecule has 1 fully saturated rings. The van der Waals surface area contributed by atoms with Crippen LogP contribution in [0.3, 0.4) is 0 Å². The molecule has 1 heterocycles. The highest BCUT2D eigenvalue weighted by atomic mass is 19.1. The van der Waals surface area contributed by atoms with Crippen LogP contribution < -0.4 is 5.32 Å². The number of likely N-dealkylation sites (tertiary alicyclic amines) is 1. The Labute approximate surface area is 148 Å². The highest BCUT2D eigenvalue weighted by molar-refractivity contribution is 5.68. The van der Waals surface area contributed by atoms with E-state index < -0.39 is 23.3 Å². The van der Waals surface area contributed by atoms with Crippen LogP contribution in [0.5, 0.6) is 0 Å². The summed E-state index contributed by atoms with van der Waals surface area (Å²) in [6, 6.07) is 3.55. The van der Waals surface area contributed by atoms with Crippen molar-refractivity contribution in [1.29, 1.82) is 0 Å². The molecular formula is C19H28F2N2O2. The molecule has 2 rings (SSSR count). The van der Waals surface area contributed by atoms with Gasteiger partial charge in [-0.3, -0.25) is 0 Å². The summed E-state index contributed by atoms with van der Waals surface area (Å²) in [6.07, 6.45) is 1.11. The molecule has 1 aliphatic rings. The van der Waals surface area contributed by atoms with Crippen LogP contribution in [0.2, 0.25) is 0 Å². The van der Waals surface area contributed by atoms with Gasteiger partial charge in [-0.15, -0.1) is 0 Å². The molecule has 25 heavy (non-hydrogen) atoms. The second-order valence-corrected chi connectivity index (χ2v) is 7.77. The number of halogens is 2. The van der Waals surface area contributed by atoms with Crippen molar-refractivity contribution >= 4 is 6.09 Å². The zero-order valence-electron chi connectivity index (χ0n) is 15.6. The zero-order valence-corrected chi connectivity index (χ0v) is 15.6. The number of hydrogen-bond acceptors (Lipinski definition) is 3. The van der Waals surface area contributed by atoms with Crippen molar-refractivity contribution in [2.24, 2.45) is 0 Å². The first-order valence-corrected chi connectivity index (χ1v) is 8.78. The third-order valence-electron chi connectivity index (χ3n) is 4.42. The lowest BCUT2D eigenvalue weighted by Gasteiger charge is -2.39. The first-order valence-electron chi connectivity index (χ1n) is 8.78. The van der Waals surface area contributed by atoms with Crippen molar-refractivity contribution in [1.82, 2.24) is 10.2 Å². The molecule has 1 aromatic carbocycles. The van der Waals surface area contributed by atoms with E-state index in [0.717, 1.165) is 0 Å². The maximum Gasteiger partial charge on any atom is 0.410 e. The molecule has 0 aliphatic carbocycles. The SMILES string of the molecule is CC(NC1CCN(C(=O)OC(C)(C)C)C(C)C1)c1c(F)cccc1F. The molecule has 0 spiro atoms. The average molecular weight is 354 g/mol. The van der Waals surface area contributed by atoms with E-state index in [2.05, 4.69) is 5.32 Å². The number of carbonyl (C=O) groups is 1. The van der Waals surface area contributed by atoms with Gasteiger partial charge in [-0.05, 0) is 59.6 Å². The van der Waals surface area contributed by atoms with Crippen LogP contribution in [0, 0.1) is 11.6 Å². The van der Waals surface area contributed by atoms with E-state index in [4.69, 9.17) is 4.74 Å². The summed E-state index contributed by atoms with van der Waals surface area (Å²) in [7, 11) is 0. The molecule has 3 unspecified atom stereocenters. The molecule has 0 radical (unpaired) electrons. The quantitative estimate of drug-likeness (QED) is 0.874. The van der Waals surface area contributed by atoms with Crippen LogP contribution in [0.4, 0.5) is 13.6 Å². The largest absolute Gasteiger partial charge is 0.444 e. The number of piperidine rings is 1. The maximum atomic E-state index is 13.9. The Bertz CT molecular complexity index is 596. The van der Waals surface area contributed by atoms with Gasteiger partial charge in [0.15, 0.2) is 0 Å². The second kappa shape index (κ2) is 7.68. The van der Waals surface area contributed by atoms with Gasteiger partial charge in [-0.1, -0.05) is 6.07 Å². The lowest BCUT2D eigenvalue weighted by molar-refractivity contribution is 0.00904. The molecule has 1 amide bonds. The molecule has 0 aromatic heterocycles. The van der Waals surface area contributed by atoms with E-state index in [-0.39, 0.29) is 23.7 Å². The van der Waals surface area contributed by atoms with Crippen molar-refractivity contribution in [3.8, 4) is 0 Å². The topological polar surface area (TPSA) is 41.6 Å². The predicted molar refractivity (Wildman–Crippen MR) is 93.3 cm³/mol. The molecule has 140 valence electrons. The lowest BCUT2D eigenvalue weighted by atomic mass is 9.96. The van der Waals surface area contributed by atoms with Gasteiger partial charge in [-0.2, -0.15) is 0 Å². The van der Waals surface area contributed by atoms with Crippen molar-refractivity contribution in [2.45, 2.75) is 71.2 Å². The summed E-state index contributed by atoms with van der Waals surface area (Å²) in [5.41, 5.74) is -0.465. The Morgan fingerprint density at radius 3 is 2.44 bits per heavy atom. The highest BCUT2D eigenvalue weighted by Gasteiger charge is 2.32. The van der Waals surface area contributed by atoms with E-state index in [1.54, 1.807) is 11.8 Å². The van der Waals surface area contributed by atoms with Gasteiger partial charge in [0.25, 0.3) is 0 Å². The number of nitrogens with zero attached hydrogens (tertiary/aromatic N) is 1. The third kappa shape index (κ3) is 5.14. The number of nitrogens with one attached hydrogen (secondary N) is 1. The van der Waals surface area contributed by atoms with Gasteiger partial charge in [0.05, 0.1) is 0 Å². The Balaban J connectivity index is 1.96. The van der Waals surface area contributed by atoms with Crippen LogP contribution in [-0.4, -0.2) is 35.2 Å². The molecule has 0 saturated carbocycles. The number of amides is 1. The van der Waals surface area contributed by atoms with Crippen molar-refractivity contribution in [2.75, 3.05) is 6.54 Å². The number of hydrogen-bond donors (Lipinski definition) is 1. The summed E-state index contributed by atoms with van der Waals surface area (Å²) >= 11 is 0. The van der Waals surface area contributed by atoms with E-state index >= 15 is 0 Å². The van der Waals surface area contributed by atoms with Crippen molar-refractivity contribution in [3.63, 3.8) is 0 Å². The highest BCUT2D eigenvalue weighted by Crippen LogP contribution is 2.25. The number of benzene rings is 1. The van der Waals surface area contributed by atoms with E-state index in [0.29, 0.717) is 19.4 Å². The summed E-state index contributed by atoms with van der Waals surface area (Å²) in [6.45, 7) is 9.80. The Kier molecular flexibility index (Phi) is 6.03. The molecule has 1 aromatic rings. The number of ether oxygens (including phenoxy) is 1. The van der Waals surface area contributed by atoms with Crippen LogP contribution in [0.1, 0.15) is 59.1 Å². The fourth-order valence-corrected chi connectivity index (χ4v) is 3.28. The molecule has 1 saturated heterocycles. The molecule has 1 N–H and O–H groups in total. The van der Waals surface area contributed by atoms with Crippen LogP contribution in [0.25, 0.3) is 0 Å². The summed E-state index contributed by atoms with van der Waals surface area (Å²) in [5, 5.41) is 3.30. The van der Waals surface area contributed by atoms with E-state index in [1.807, 2.05) is 27.7 Å². The van der Waals surface area contributed by atoms with Crippen LogP contribution in [0.15, 0.2) is 18.2 Å². The number of carbonyl (C=O) groups excluding carboxylic acids is 1. The smallest absolute Gasteiger partial charge is 0.410 e. The third-order valence-corrected chi connectivity index (χ3v) is 4.42. The molecule has 3 atom stereocenters. The maximum absolute atomic E-state index is 13.9. The van der Waals surface area contributed by atoms with Gasteiger partial charge in [-0.25, -0.2) is 13.6 Å². The van der Waals surface area contributed by atoms with Crippen LogP contribution in [-0.2, 0) is 4.74 Å². The summed E-state index contributed by atoms with van der Waals surface area (Å²) in [4.78, 5) is 14.0. The van der Waals surface area contributed by atoms with E-state index in [9.17, 15) is 13.6 Å². The first-order chi connectivity index (χ1) is 11.6. The second-order valence-electron chi connectivity index (χ2n) is 7.77. The predicted octanol–water partition coefficient (Wildman–Crippen LogP) is 4.40. The average Bonchev–Trinajstić information content (AvgIpc) is 2.45. The number of rotatable bonds is 3.